The Morgan fingerprint density at radius 2 is 1.72 bits per heavy atom. The molecule has 25 heavy (non-hydrogen) atoms. The quantitative estimate of drug-likeness (QED) is 0.626. The summed E-state index contributed by atoms with van der Waals surface area (Å²) in [5.41, 5.74) is 2.71. The summed E-state index contributed by atoms with van der Waals surface area (Å²) >= 11 is 0. The van der Waals surface area contributed by atoms with Gasteiger partial charge in [-0.3, -0.25) is 4.79 Å². The van der Waals surface area contributed by atoms with Crippen LogP contribution in [-0.4, -0.2) is 17.3 Å². The molecule has 0 bridgehead atoms. The number of nitrogens with zero attached hydrogens (tertiary/aromatic N) is 2. The summed E-state index contributed by atoms with van der Waals surface area (Å²) in [6.45, 7) is 2.68. The lowest BCUT2D eigenvalue weighted by molar-refractivity contribution is 0.0998. The van der Waals surface area contributed by atoms with Crippen molar-refractivity contribution in [2.24, 2.45) is 0 Å². The molecule has 0 atom stereocenters. The lowest BCUT2D eigenvalue weighted by Crippen LogP contribution is -2.30. The second kappa shape index (κ2) is 7.71. The maximum atomic E-state index is 13.1. The van der Waals surface area contributed by atoms with Crippen molar-refractivity contribution in [2.45, 2.75) is 13.5 Å². The van der Waals surface area contributed by atoms with Gasteiger partial charge < -0.3 is 4.90 Å². The number of halogens is 1. The van der Waals surface area contributed by atoms with E-state index in [4.69, 9.17) is 0 Å². The molecule has 0 spiro atoms. The van der Waals surface area contributed by atoms with Gasteiger partial charge in [0.15, 0.2) is 5.78 Å². The molecule has 126 valence electrons. The summed E-state index contributed by atoms with van der Waals surface area (Å²) in [4.78, 5) is 18.9. The number of benzene rings is 2. The lowest BCUT2D eigenvalue weighted by Gasteiger charge is -2.23. The summed E-state index contributed by atoms with van der Waals surface area (Å²) in [5.74, 6) is 0.462. The molecule has 0 unspecified atom stereocenters. The molecular weight excluding hydrogens is 315 g/mol. The van der Waals surface area contributed by atoms with Crippen molar-refractivity contribution in [1.82, 2.24) is 4.98 Å². The molecule has 3 rings (SSSR count). The summed E-state index contributed by atoms with van der Waals surface area (Å²) in [6, 6.07) is 19.4. The van der Waals surface area contributed by atoms with Gasteiger partial charge in [-0.05, 0) is 36.8 Å². The number of aromatic nitrogens is 1. The minimum absolute atomic E-state index is 0.0211. The fourth-order valence-corrected chi connectivity index (χ4v) is 2.57. The van der Waals surface area contributed by atoms with E-state index in [0.717, 1.165) is 11.1 Å². The Labute approximate surface area is 146 Å². The Morgan fingerprint density at radius 3 is 2.36 bits per heavy atom. The van der Waals surface area contributed by atoms with Crippen LogP contribution >= 0.6 is 0 Å². The van der Waals surface area contributed by atoms with Crippen LogP contribution in [0.25, 0.3) is 0 Å². The van der Waals surface area contributed by atoms with Crippen LogP contribution in [0.4, 0.5) is 10.2 Å². The molecule has 4 heteroatoms. The molecule has 0 saturated carbocycles. The highest BCUT2D eigenvalue weighted by Gasteiger charge is 2.15. The van der Waals surface area contributed by atoms with Gasteiger partial charge in [0.1, 0.15) is 11.6 Å². The molecule has 3 nitrogen and oxygen atoms in total. The topological polar surface area (TPSA) is 33.2 Å². The second-order valence-electron chi connectivity index (χ2n) is 5.96. The molecule has 0 fully saturated rings. The summed E-state index contributed by atoms with van der Waals surface area (Å²) < 4.78 is 13.1. The lowest BCUT2D eigenvalue weighted by atomic mass is 10.1. The number of pyridine rings is 1. The first-order valence-corrected chi connectivity index (χ1v) is 8.12. The van der Waals surface area contributed by atoms with Crippen LogP contribution < -0.4 is 4.90 Å². The van der Waals surface area contributed by atoms with Gasteiger partial charge in [0.2, 0.25) is 0 Å². The number of aryl methyl sites for hydroxylation is 1. The molecule has 1 heterocycles. The molecule has 0 aliphatic rings. The number of carbonyl (C=O) groups excluding carboxylic acids is 1. The van der Waals surface area contributed by atoms with Crippen LogP contribution in [0.5, 0.6) is 0 Å². The first-order chi connectivity index (χ1) is 12.1. The largest absolute Gasteiger partial charge is 0.345 e. The maximum Gasteiger partial charge on any atom is 0.182 e. The Bertz CT molecular complexity index is 830. The molecule has 3 aromatic rings. The van der Waals surface area contributed by atoms with E-state index < -0.39 is 0 Å². The summed E-state index contributed by atoms with van der Waals surface area (Å²) in [5, 5.41) is 0. The van der Waals surface area contributed by atoms with Crippen molar-refractivity contribution in [3.05, 3.63) is 95.4 Å². The van der Waals surface area contributed by atoms with Gasteiger partial charge in [-0.25, -0.2) is 9.37 Å². The summed E-state index contributed by atoms with van der Waals surface area (Å²) in [6.07, 6.45) is 1.70. The predicted octanol–water partition coefficient (Wildman–Crippen LogP) is 4.42. The highest BCUT2D eigenvalue weighted by molar-refractivity contribution is 5.99. The van der Waals surface area contributed by atoms with Crippen LogP contribution in [-0.2, 0) is 6.54 Å². The van der Waals surface area contributed by atoms with Gasteiger partial charge in [0, 0.05) is 18.3 Å². The normalized spacial score (nSPS) is 10.5. The maximum absolute atomic E-state index is 13.1. The Morgan fingerprint density at radius 1 is 1.00 bits per heavy atom. The van der Waals surface area contributed by atoms with E-state index >= 15 is 0 Å². The predicted molar refractivity (Wildman–Crippen MR) is 97.2 cm³/mol. The molecular formula is C21H19FN2O. The van der Waals surface area contributed by atoms with Crippen LogP contribution in [0.1, 0.15) is 21.5 Å². The average Bonchev–Trinajstić information content (AvgIpc) is 2.64. The Balaban J connectivity index is 1.82. The number of rotatable bonds is 6. The average molecular weight is 334 g/mol. The number of Topliss-reactive ketones (excluding diaryl/α,β-unsaturated/α-hetero) is 1. The second-order valence-corrected chi connectivity index (χ2v) is 5.96. The first kappa shape index (κ1) is 16.8. The van der Waals surface area contributed by atoms with Gasteiger partial charge in [-0.1, -0.05) is 48.0 Å². The molecule has 0 saturated heterocycles. The van der Waals surface area contributed by atoms with Crippen LogP contribution in [0.3, 0.4) is 0 Å². The van der Waals surface area contributed by atoms with Crippen molar-refractivity contribution in [3.63, 3.8) is 0 Å². The van der Waals surface area contributed by atoms with E-state index in [0.29, 0.717) is 17.9 Å². The third-order valence-electron chi connectivity index (χ3n) is 3.97. The molecule has 1 aromatic heterocycles. The molecule has 0 aliphatic carbocycles. The number of ketones is 1. The molecule has 0 aliphatic heterocycles. The number of anilines is 1. The van der Waals surface area contributed by atoms with Crippen molar-refractivity contribution in [1.29, 1.82) is 0 Å². The van der Waals surface area contributed by atoms with Crippen molar-refractivity contribution < 1.29 is 9.18 Å². The highest BCUT2D eigenvalue weighted by Crippen LogP contribution is 2.16. The molecule has 2 aromatic carbocycles. The van der Waals surface area contributed by atoms with Crippen molar-refractivity contribution in [3.8, 4) is 0 Å². The van der Waals surface area contributed by atoms with Crippen molar-refractivity contribution in [2.75, 3.05) is 11.4 Å². The van der Waals surface area contributed by atoms with E-state index in [-0.39, 0.29) is 18.1 Å². The smallest absolute Gasteiger partial charge is 0.182 e. The fourth-order valence-electron chi connectivity index (χ4n) is 2.57. The van der Waals surface area contributed by atoms with Gasteiger partial charge >= 0.3 is 0 Å². The van der Waals surface area contributed by atoms with E-state index in [2.05, 4.69) is 4.98 Å². The monoisotopic (exact) mass is 334 g/mol. The van der Waals surface area contributed by atoms with Gasteiger partial charge in [-0.15, -0.1) is 0 Å². The highest BCUT2D eigenvalue weighted by atomic mass is 19.1. The van der Waals surface area contributed by atoms with Gasteiger partial charge in [0.25, 0.3) is 0 Å². The number of carbonyl (C=O) groups is 1. The molecule has 0 amide bonds. The van der Waals surface area contributed by atoms with E-state index in [1.165, 1.54) is 12.1 Å². The van der Waals surface area contributed by atoms with Crippen LogP contribution in [0, 0.1) is 12.7 Å². The number of hydrogen-bond acceptors (Lipinski definition) is 3. The van der Waals surface area contributed by atoms with E-state index in [9.17, 15) is 9.18 Å². The van der Waals surface area contributed by atoms with E-state index in [1.54, 1.807) is 18.3 Å². The van der Waals surface area contributed by atoms with Crippen LogP contribution in [0.2, 0.25) is 0 Å². The SMILES string of the molecule is Cc1ccc(C(=O)CN(Cc2ccc(F)cc2)c2ccccn2)cc1. The molecule has 0 N–H and O–H groups in total. The third kappa shape index (κ3) is 4.51. The summed E-state index contributed by atoms with van der Waals surface area (Å²) in [7, 11) is 0. The minimum atomic E-state index is -0.274. The minimum Gasteiger partial charge on any atom is -0.345 e. The Hall–Kier alpha value is -3.01. The van der Waals surface area contributed by atoms with Crippen molar-refractivity contribution >= 4 is 11.6 Å². The fraction of sp³-hybridized carbons (Fsp3) is 0.143. The Kier molecular flexibility index (Phi) is 5.19. The first-order valence-electron chi connectivity index (χ1n) is 8.12. The van der Waals surface area contributed by atoms with Crippen LogP contribution in [0.15, 0.2) is 72.9 Å². The zero-order valence-corrected chi connectivity index (χ0v) is 14.0. The van der Waals surface area contributed by atoms with Gasteiger partial charge in [0.05, 0.1) is 6.54 Å². The zero-order chi connectivity index (χ0) is 17.6. The standard InChI is InChI=1S/C21H19FN2O/c1-16-5-9-18(10-6-16)20(25)15-24(21-4-2-3-13-23-21)14-17-7-11-19(22)12-8-17/h2-13H,14-15H2,1H3. The van der Waals surface area contributed by atoms with E-state index in [1.807, 2.05) is 54.3 Å². The third-order valence-corrected chi connectivity index (χ3v) is 3.97. The molecule has 0 radical (unpaired) electrons. The van der Waals surface area contributed by atoms with Gasteiger partial charge in [-0.2, -0.15) is 0 Å². The zero-order valence-electron chi connectivity index (χ0n) is 14.0. The number of hydrogen-bond donors (Lipinski definition) is 0.